The normalized spacial score (nSPS) is 17.7. The first-order valence-corrected chi connectivity index (χ1v) is 10.8. The summed E-state index contributed by atoms with van der Waals surface area (Å²) in [7, 11) is 0. The summed E-state index contributed by atoms with van der Waals surface area (Å²) in [5, 5.41) is 1.69. The van der Waals surface area contributed by atoms with Crippen molar-refractivity contribution in [2.75, 3.05) is 18.8 Å². The maximum absolute atomic E-state index is 13.0. The Morgan fingerprint density at radius 1 is 1.41 bits per heavy atom. The van der Waals surface area contributed by atoms with E-state index < -0.39 is 0 Å². The highest BCUT2D eigenvalue weighted by molar-refractivity contribution is 7.99. The second kappa shape index (κ2) is 8.65. The second-order valence-electron chi connectivity index (χ2n) is 7.74. The van der Waals surface area contributed by atoms with E-state index in [2.05, 4.69) is 25.8 Å². The summed E-state index contributed by atoms with van der Waals surface area (Å²) in [6.07, 6.45) is 2.24. The quantitative estimate of drug-likeness (QED) is 0.554. The predicted octanol–water partition coefficient (Wildman–Crippen LogP) is 4.06. The molecule has 2 heterocycles. The van der Waals surface area contributed by atoms with Crippen LogP contribution in [0.25, 0.3) is 10.9 Å². The number of carbonyl (C=O) groups excluding carboxylic acids is 1. The Hall–Kier alpha value is -1.53. The largest absolute Gasteiger partial charge is 0.342 e. The van der Waals surface area contributed by atoms with Crippen molar-refractivity contribution >= 4 is 40.2 Å². The topological polar surface area (TPSA) is 55.2 Å². The number of carbonyl (C=O) groups is 1. The fourth-order valence-electron chi connectivity index (χ4n) is 3.44. The zero-order valence-electron chi connectivity index (χ0n) is 16.1. The van der Waals surface area contributed by atoms with Crippen LogP contribution < -0.4 is 5.56 Å². The number of hydrogen-bond acceptors (Lipinski definition) is 4. The van der Waals surface area contributed by atoms with Crippen LogP contribution in [0.3, 0.4) is 0 Å². The Morgan fingerprint density at radius 2 is 2.19 bits per heavy atom. The number of aromatic nitrogens is 2. The molecule has 1 fully saturated rings. The van der Waals surface area contributed by atoms with Crippen molar-refractivity contribution in [1.29, 1.82) is 0 Å². The molecule has 7 heteroatoms. The third-order valence-electron chi connectivity index (χ3n) is 4.76. The molecule has 1 aromatic heterocycles. The average molecular weight is 408 g/mol. The van der Waals surface area contributed by atoms with Gasteiger partial charge in [-0.15, -0.1) is 0 Å². The molecule has 1 aromatic carbocycles. The maximum atomic E-state index is 13.0. The Kier molecular flexibility index (Phi) is 6.48. The van der Waals surface area contributed by atoms with E-state index in [4.69, 9.17) is 11.6 Å². The zero-order valence-corrected chi connectivity index (χ0v) is 17.6. The summed E-state index contributed by atoms with van der Waals surface area (Å²) in [5.41, 5.74) is 0.501. The van der Waals surface area contributed by atoms with E-state index >= 15 is 0 Å². The first-order chi connectivity index (χ1) is 12.8. The van der Waals surface area contributed by atoms with Gasteiger partial charge in [0, 0.05) is 24.7 Å². The summed E-state index contributed by atoms with van der Waals surface area (Å²) in [5.74, 6) is 1.26. The van der Waals surface area contributed by atoms with E-state index in [9.17, 15) is 9.59 Å². The van der Waals surface area contributed by atoms with Gasteiger partial charge in [0.25, 0.3) is 5.56 Å². The number of piperidine rings is 1. The molecule has 27 heavy (non-hydrogen) atoms. The number of halogens is 1. The standard InChI is InChI=1S/C20H26ClN3O2S/c1-13(2)10-24-19(26)16-7-6-15(21)9-17(16)22-20(24)27-12-18(25)23-8-4-5-14(3)11-23/h6-7,9,13-14H,4-5,8,10-12H2,1-3H3/t14-/m0/s1. The van der Waals surface area contributed by atoms with Crippen molar-refractivity contribution in [2.45, 2.75) is 45.3 Å². The van der Waals surface area contributed by atoms with Gasteiger partial charge in [-0.3, -0.25) is 14.2 Å². The van der Waals surface area contributed by atoms with Gasteiger partial charge in [0.1, 0.15) is 0 Å². The Bertz CT molecular complexity index is 897. The first-order valence-electron chi connectivity index (χ1n) is 9.46. The molecule has 146 valence electrons. The van der Waals surface area contributed by atoms with Gasteiger partial charge >= 0.3 is 0 Å². The second-order valence-corrected chi connectivity index (χ2v) is 9.12. The third kappa shape index (κ3) is 4.85. The summed E-state index contributed by atoms with van der Waals surface area (Å²) >= 11 is 7.42. The average Bonchev–Trinajstić information content (AvgIpc) is 2.62. The molecule has 1 aliphatic rings. The summed E-state index contributed by atoms with van der Waals surface area (Å²) in [6.45, 7) is 8.52. The number of likely N-dealkylation sites (tertiary alicyclic amines) is 1. The zero-order chi connectivity index (χ0) is 19.6. The van der Waals surface area contributed by atoms with Gasteiger partial charge in [0.05, 0.1) is 16.7 Å². The number of benzene rings is 1. The molecule has 5 nitrogen and oxygen atoms in total. The summed E-state index contributed by atoms with van der Waals surface area (Å²) in [6, 6.07) is 5.13. The molecule has 3 rings (SSSR count). The third-order valence-corrected chi connectivity index (χ3v) is 5.96. The van der Waals surface area contributed by atoms with Gasteiger partial charge in [-0.1, -0.05) is 44.1 Å². The van der Waals surface area contributed by atoms with Crippen LogP contribution in [0.2, 0.25) is 5.02 Å². The molecule has 0 spiro atoms. The number of rotatable bonds is 5. The van der Waals surface area contributed by atoms with Gasteiger partial charge in [-0.2, -0.15) is 0 Å². The number of fused-ring (bicyclic) bond motifs is 1. The number of thioether (sulfide) groups is 1. The van der Waals surface area contributed by atoms with Crippen molar-refractivity contribution in [3.8, 4) is 0 Å². The minimum atomic E-state index is -0.0769. The van der Waals surface area contributed by atoms with E-state index in [0.29, 0.717) is 45.2 Å². The van der Waals surface area contributed by atoms with Crippen LogP contribution in [-0.4, -0.2) is 39.2 Å². The highest BCUT2D eigenvalue weighted by Gasteiger charge is 2.22. The van der Waals surface area contributed by atoms with Crippen molar-refractivity contribution in [3.63, 3.8) is 0 Å². The van der Waals surface area contributed by atoms with Crippen molar-refractivity contribution < 1.29 is 4.79 Å². The minimum absolute atomic E-state index is 0.0769. The van der Waals surface area contributed by atoms with E-state index in [0.717, 1.165) is 19.5 Å². The van der Waals surface area contributed by atoms with Gasteiger partial charge in [0.2, 0.25) is 5.91 Å². The van der Waals surface area contributed by atoms with E-state index in [1.807, 2.05) is 4.90 Å². The van der Waals surface area contributed by atoms with Crippen LogP contribution in [0.5, 0.6) is 0 Å². The lowest BCUT2D eigenvalue weighted by molar-refractivity contribution is -0.130. The van der Waals surface area contributed by atoms with Gasteiger partial charge in [-0.05, 0) is 42.9 Å². The lowest BCUT2D eigenvalue weighted by atomic mass is 10.0. The number of nitrogens with zero attached hydrogens (tertiary/aromatic N) is 3. The molecular formula is C20H26ClN3O2S. The van der Waals surface area contributed by atoms with Gasteiger partial charge in [-0.25, -0.2) is 4.98 Å². The molecule has 0 N–H and O–H groups in total. The molecule has 1 atom stereocenters. The number of hydrogen-bond donors (Lipinski definition) is 0. The molecule has 0 radical (unpaired) electrons. The lowest BCUT2D eigenvalue weighted by Gasteiger charge is -2.30. The predicted molar refractivity (Wildman–Crippen MR) is 112 cm³/mol. The smallest absolute Gasteiger partial charge is 0.262 e. The monoisotopic (exact) mass is 407 g/mol. The molecule has 0 saturated carbocycles. The van der Waals surface area contributed by atoms with Crippen LogP contribution in [0.4, 0.5) is 0 Å². The van der Waals surface area contributed by atoms with Crippen molar-refractivity contribution in [1.82, 2.24) is 14.5 Å². The highest BCUT2D eigenvalue weighted by atomic mass is 35.5. The van der Waals surface area contributed by atoms with Crippen LogP contribution in [0.1, 0.15) is 33.6 Å². The van der Waals surface area contributed by atoms with E-state index in [1.165, 1.54) is 18.2 Å². The van der Waals surface area contributed by atoms with Gasteiger partial charge in [0.15, 0.2) is 5.16 Å². The summed E-state index contributed by atoms with van der Waals surface area (Å²) in [4.78, 5) is 32.2. The molecule has 1 amide bonds. The lowest BCUT2D eigenvalue weighted by Crippen LogP contribution is -2.40. The molecular weight excluding hydrogens is 382 g/mol. The molecule has 0 aliphatic carbocycles. The maximum Gasteiger partial charge on any atom is 0.262 e. The fourth-order valence-corrected chi connectivity index (χ4v) is 4.52. The van der Waals surface area contributed by atoms with Crippen molar-refractivity contribution in [2.24, 2.45) is 11.8 Å². The SMILES string of the molecule is CC(C)Cn1c(SCC(=O)N2CCC[C@H](C)C2)nc2cc(Cl)ccc2c1=O. The van der Waals surface area contributed by atoms with Gasteiger partial charge < -0.3 is 4.90 Å². The van der Waals surface area contributed by atoms with E-state index in [-0.39, 0.29) is 11.5 Å². The van der Waals surface area contributed by atoms with Crippen molar-refractivity contribution in [3.05, 3.63) is 33.6 Å². The molecule has 0 bridgehead atoms. The van der Waals surface area contributed by atoms with Crippen LogP contribution >= 0.6 is 23.4 Å². The molecule has 0 unspecified atom stereocenters. The highest BCUT2D eigenvalue weighted by Crippen LogP contribution is 2.23. The summed E-state index contributed by atoms with van der Waals surface area (Å²) < 4.78 is 1.69. The Morgan fingerprint density at radius 3 is 2.89 bits per heavy atom. The number of amides is 1. The molecule has 1 aliphatic heterocycles. The minimum Gasteiger partial charge on any atom is -0.342 e. The first kappa shape index (κ1) is 20.2. The van der Waals surface area contributed by atoms with Crippen LogP contribution in [0.15, 0.2) is 28.2 Å². The molecule has 2 aromatic rings. The van der Waals surface area contributed by atoms with E-state index in [1.54, 1.807) is 22.8 Å². The fraction of sp³-hybridized carbons (Fsp3) is 0.550. The Labute approximate surface area is 169 Å². The van der Waals surface area contributed by atoms with Crippen LogP contribution in [0, 0.1) is 11.8 Å². The van der Waals surface area contributed by atoms with Crippen LogP contribution in [-0.2, 0) is 11.3 Å². The molecule has 1 saturated heterocycles. The Balaban J connectivity index is 1.87.